The lowest BCUT2D eigenvalue weighted by molar-refractivity contribution is -0.384. The van der Waals surface area contributed by atoms with Gasteiger partial charge in [-0.15, -0.1) is 11.8 Å². The van der Waals surface area contributed by atoms with E-state index in [1.165, 1.54) is 30.8 Å². The highest BCUT2D eigenvalue weighted by Crippen LogP contribution is 2.26. The van der Waals surface area contributed by atoms with Crippen molar-refractivity contribution >= 4 is 29.3 Å². The van der Waals surface area contributed by atoms with Gasteiger partial charge in [0.2, 0.25) is 0 Å². The molecular weight excluding hydrogens is 380 g/mol. The van der Waals surface area contributed by atoms with E-state index in [1.807, 2.05) is 31.2 Å². The molecule has 2 aromatic carbocycles. The monoisotopic (exact) mass is 402 g/mol. The number of benzene rings is 2. The first kappa shape index (κ1) is 21.4. The van der Waals surface area contributed by atoms with Crippen molar-refractivity contribution in [2.45, 2.75) is 43.6 Å². The quantitative estimate of drug-likeness (QED) is 0.313. The van der Waals surface area contributed by atoms with Crippen molar-refractivity contribution < 1.29 is 19.2 Å². The van der Waals surface area contributed by atoms with E-state index in [1.54, 1.807) is 19.1 Å². The number of thioether (sulfide) groups is 1. The molecular formula is C20H22N2O5S. The molecule has 8 heteroatoms. The Bertz CT molecular complexity index is 837. The van der Waals surface area contributed by atoms with Crippen LogP contribution in [-0.4, -0.2) is 28.2 Å². The summed E-state index contributed by atoms with van der Waals surface area (Å²) < 4.78 is 5.24. The number of esters is 1. The molecule has 1 amide bonds. The smallest absolute Gasteiger partial charge is 0.319 e. The van der Waals surface area contributed by atoms with Crippen LogP contribution in [-0.2, 0) is 20.9 Å². The molecule has 0 aromatic heterocycles. The van der Waals surface area contributed by atoms with Gasteiger partial charge >= 0.3 is 5.97 Å². The number of carbonyl (C=O) groups excluding carboxylic acids is 2. The SMILES string of the molecule is Cc1ccc(CNC(=O)C(C)OC(=O)C(C)Sc2ccc([N+](=O)[O-])cc2)cc1. The van der Waals surface area contributed by atoms with Gasteiger partial charge < -0.3 is 10.1 Å². The zero-order valence-corrected chi connectivity index (χ0v) is 16.7. The minimum atomic E-state index is -0.919. The molecule has 0 aliphatic heterocycles. The Labute approximate surface area is 167 Å². The molecule has 0 aliphatic carbocycles. The molecule has 0 saturated carbocycles. The largest absolute Gasteiger partial charge is 0.452 e. The van der Waals surface area contributed by atoms with Crippen LogP contribution < -0.4 is 5.32 Å². The predicted molar refractivity (Wildman–Crippen MR) is 107 cm³/mol. The summed E-state index contributed by atoms with van der Waals surface area (Å²) in [5.74, 6) is -0.900. The molecule has 2 rings (SSSR count). The fourth-order valence-corrected chi connectivity index (χ4v) is 3.11. The number of hydrogen-bond donors (Lipinski definition) is 1. The molecule has 2 unspecified atom stereocenters. The first-order chi connectivity index (χ1) is 13.3. The van der Waals surface area contributed by atoms with Gasteiger partial charge in [-0.1, -0.05) is 29.8 Å². The van der Waals surface area contributed by atoms with E-state index in [0.29, 0.717) is 11.4 Å². The second kappa shape index (κ2) is 9.89. The van der Waals surface area contributed by atoms with Crippen molar-refractivity contribution in [2.24, 2.45) is 0 Å². The average Bonchev–Trinajstić information content (AvgIpc) is 2.67. The summed E-state index contributed by atoms with van der Waals surface area (Å²) in [6.07, 6.45) is -0.919. The van der Waals surface area contributed by atoms with E-state index in [-0.39, 0.29) is 11.6 Å². The molecule has 0 aliphatic rings. The van der Waals surface area contributed by atoms with E-state index in [9.17, 15) is 19.7 Å². The number of nitro groups is 1. The molecule has 0 radical (unpaired) electrons. The molecule has 1 N–H and O–H groups in total. The van der Waals surface area contributed by atoms with E-state index in [0.717, 1.165) is 11.1 Å². The van der Waals surface area contributed by atoms with Crippen LogP contribution in [0, 0.1) is 17.0 Å². The van der Waals surface area contributed by atoms with E-state index in [4.69, 9.17) is 4.74 Å². The van der Waals surface area contributed by atoms with Gasteiger partial charge in [0.05, 0.1) is 4.92 Å². The summed E-state index contributed by atoms with van der Waals surface area (Å²) in [6, 6.07) is 13.7. The Hall–Kier alpha value is -2.87. The lowest BCUT2D eigenvalue weighted by Gasteiger charge is -2.16. The molecule has 28 heavy (non-hydrogen) atoms. The third-order valence-electron chi connectivity index (χ3n) is 3.94. The van der Waals surface area contributed by atoms with Crippen LogP contribution in [0.2, 0.25) is 0 Å². The molecule has 0 spiro atoms. The summed E-state index contributed by atoms with van der Waals surface area (Å²) in [5, 5.41) is 12.9. The number of non-ortho nitro benzene ring substituents is 1. The number of rotatable bonds is 8. The molecule has 0 heterocycles. The molecule has 2 aromatic rings. The second-order valence-corrected chi connectivity index (χ2v) is 7.71. The summed E-state index contributed by atoms with van der Waals surface area (Å²) in [5.41, 5.74) is 2.08. The summed E-state index contributed by atoms with van der Waals surface area (Å²) in [6.45, 7) is 5.52. The summed E-state index contributed by atoms with van der Waals surface area (Å²) >= 11 is 1.21. The number of nitro benzene ring substituents is 1. The lowest BCUT2D eigenvalue weighted by Crippen LogP contribution is -2.36. The van der Waals surface area contributed by atoms with Crippen molar-refractivity contribution in [1.29, 1.82) is 0 Å². The van der Waals surface area contributed by atoms with Crippen LogP contribution in [0.4, 0.5) is 5.69 Å². The summed E-state index contributed by atoms with van der Waals surface area (Å²) in [4.78, 5) is 35.3. The predicted octanol–water partition coefficient (Wildman–Crippen LogP) is 3.63. The second-order valence-electron chi connectivity index (χ2n) is 6.29. The zero-order chi connectivity index (χ0) is 20.7. The van der Waals surface area contributed by atoms with Crippen LogP contribution in [0.5, 0.6) is 0 Å². The van der Waals surface area contributed by atoms with Gasteiger partial charge in [0.25, 0.3) is 11.6 Å². The molecule has 7 nitrogen and oxygen atoms in total. The van der Waals surface area contributed by atoms with Gasteiger partial charge in [-0.3, -0.25) is 19.7 Å². The first-order valence-corrected chi connectivity index (χ1v) is 9.59. The number of amides is 1. The van der Waals surface area contributed by atoms with Gasteiger partial charge in [0, 0.05) is 23.6 Å². The van der Waals surface area contributed by atoms with Crippen LogP contribution in [0.25, 0.3) is 0 Å². The number of aryl methyl sites for hydroxylation is 1. The molecule has 2 atom stereocenters. The van der Waals surface area contributed by atoms with Crippen molar-refractivity contribution in [3.05, 3.63) is 69.8 Å². The van der Waals surface area contributed by atoms with Crippen molar-refractivity contribution in [2.75, 3.05) is 0 Å². The number of carbonyl (C=O) groups is 2. The van der Waals surface area contributed by atoms with Gasteiger partial charge in [-0.05, 0) is 38.5 Å². The van der Waals surface area contributed by atoms with Crippen molar-refractivity contribution in [3.8, 4) is 0 Å². The highest BCUT2D eigenvalue weighted by Gasteiger charge is 2.22. The number of nitrogens with one attached hydrogen (secondary N) is 1. The third-order valence-corrected chi connectivity index (χ3v) is 5.03. The Morgan fingerprint density at radius 1 is 1.11 bits per heavy atom. The maximum Gasteiger partial charge on any atom is 0.319 e. The number of nitrogens with zero attached hydrogens (tertiary/aromatic N) is 1. The van der Waals surface area contributed by atoms with E-state index in [2.05, 4.69) is 5.32 Å². The normalized spacial score (nSPS) is 12.7. The highest BCUT2D eigenvalue weighted by molar-refractivity contribution is 8.00. The zero-order valence-electron chi connectivity index (χ0n) is 15.9. The minimum Gasteiger partial charge on any atom is -0.452 e. The maximum absolute atomic E-state index is 12.2. The molecule has 148 valence electrons. The topological polar surface area (TPSA) is 98.5 Å². The molecule has 0 bridgehead atoms. The van der Waals surface area contributed by atoms with Gasteiger partial charge in [0.1, 0.15) is 5.25 Å². The van der Waals surface area contributed by atoms with Crippen molar-refractivity contribution in [3.63, 3.8) is 0 Å². The van der Waals surface area contributed by atoms with Gasteiger partial charge in [-0.25, -0.2) is 0 Å². The van der Waals surface area contributed by atoms with Crippen LogP contribution in [0.15, 0.2) is 53.4 Å². The number of ether oxygens (including phenoxy) is 1. The lowest BCUT2D eigenvalue weighted by atomic mass is 10.1. The Balaban J connectivity index is 1.81. The van der Waals surface area contributed by atoms with Crippen LogP contribution in [0.1, 0.15) is 25.0 Å². The standard InChI is InChI=1S/C20H22N2O5S/c1-13-4-6-16(7-5-13)12-21-19(23)14(2)27-20(24)15(3)28-18-10-8-17(9-11-18)22(25)26/h4-11,14-15H,12H2,1-3H3,(H,21,23). The average molecular weight is 402 g/mol. The minimum absolute atomic E-state index is 0.0153. The van der Waals surface area contributed by atoms with Gasteiger partial charge in [0.15, 0.2) is 6.10 Å². The number of hydrogen-bond acceptors (Lipinski definition) is 6. The Kier molecular flexibility index (Phi) is 7.57. The van der Waals surface area contributed by atoms with Crippen LogP contribution >= 0.6 is 11.8 Å². The van der Waals surface area contributed by atoms with E-state index >= 15 is 0 Å². The fraction of sp³-hybridized carbons (Fsp3) is 0.300. The fourth-order valence-electron chi connectivity index (χ4n) is 2.26. The first-order valence-electron chi connectivity index (χ1n) is 8.71. The molecule has 0 fully saturated rings. The van der Waals surface area contributed by atoms with Crippen LogP contribution in [0.3, 0.4) is 0 Å². The Morgan fingerprint density at radius 2 is 1.71 bits per heavy atom. The third kappa shape index (κ3) is 6.38. The summed E-state index contributed by atoms with van der Waals surface area (Å²) in [7, 11) is 0. The van der Waals surface area contributed by atoms with Gasteiger partial charge in [-0.2, -0.15) is 0 Å². The maximum atomic E-state index is 12.2. The van der Waals surface area contributed by atoms with Crippen molar-refractivity contribution in [1.82, 2.24) is 5.32 Å². The Morgan fingerprint density at radius 3 is 2.29 bits per heavy atom. The molecule has 0 saturated heterocycles. The van der Waals surface area contributed by atoms with E-state index < -0.39 is 22.2 Å². The highest BCUT2D eigenvalue weighted by atomic mass is 32.2.